The molecule has 0 bridgehead atoms. The molecule has 0 fully saturated rings. The molecule has 0 saturated carbocycles. The van der Waals surface area contributed by atoms with Crippen molar-refractivity contribution < 1.29 is 9.53 Å². The number of hydrogen-bond acceptors (Lipinski definition) is 2. The Kier molecular flexibility index (Phi) is 6.61. The molecule has 2 nitrogen and oxygen atoms in total. The molecule has 1 rings (SSSR count). The second kappa shape index (κ2) is 7.98. The first-order valence-corrected chi connectivity index (χ1v) is 7.28. The molecule has 0 aliphatic rings. The van der Waals surface area contributed by atoms with E-state index in [9.17, 15) is 4.79 Å². The van der Waals surface area contributed by atoms with Gasteiger partial charge in [-0.25, -0.2) is 0 Å². The van der Waals surface area contributed by atoms with E-state index in [1.54, 1.807) is 7.11 Å². The van der Waals surface area contributed by atoms with Gasteiger partial charge >= 0.3 is 0 Å². The molecule has 0 aliphatic heterocycles. The predicted octanol–water partition coefficient (Wildman–Crippen LogP) is 4.33. The van der Waals surface area contributed by atoms with Gasteiger partial charge < -0.3 is 4.74 Å². The zero-order valence-electron chi connectivity index (χ0n) is 12.7. The first-order valence-electron chi connectivity index (χ1n) is 7.28. The lowest BCUT2D eigenvalue weighted by Crippen LogP contribution is -2.17. The molecule has 0 atom stereocenters. The topological polar surface area (TPSA) is 26.3 Å². The maximum absolute atomic E-state index is 12.4. The lowest BCUT2D eigenvalue weighted by Gasteiger charge is -2.15. The highest BCUT2D eigenvalue weighted by atomic mass is 16.5. The highest BCUT2D eigenvalue weighted by Gasteiger charge is 2.18. The SMILES string of the molecule is CCCC(CCC)C(=O)Cc1cc(C)ccc1OC. The van der Waals surface area contributed by atoms with E-state index in [0.29, 0.717) is 12.2 Å². The second-order valence-electron chi connectivity index (χ2n) is 5.23. The largest absolute Gasteiger partial charge is 0.496 e. The predicted molar refractivity (Wildman–Crippen MR) is 79.7 cm³/mol. The zero-order valence-corrected chi connectivity index (χ0v) is 12.7. The van der Waals surface area contributed by atoms with E-state index in [4.69, 9.17) is 4.74 Å². The monoisotopic (exact) mass is 262 g/mol. The summed E-state index contributed by atoms with van der Waals surface area (Å²) in [5, 5.41) is 0. The minimum atomic E-state index is 0.209. The van der Waals surface area contributed by atoms with Gasteiger partial charge in [0.05, 0.1) is 7.11 Å². The molecular formula is C17H26O2. The molecule has 0 aliphatic carbocycles. The van der Waals surface area contributed by atoms with Gasteiger partial charge in [-0.2, -0.15) is 0 Å². The summed E-state index contributed by atoms with van der Waals surface area (Å²) >= 11 is 0. The Labute approximate surface area is 117 Å². The number of benzene rings is 1. The summed E-state index contributed by atoms with van der Waals surface area (Å²) < 4.78 is 5.35. The number of Topliss-reactive ketones (excluding diaryl/α,β-unsaturated/α-hetero) is 1. The molecule has 19 heavy (non-hydrogen) atoms. The molecule has 0 N–H and O–H groups in total. The third-order valence-electron chi connectivity index (χ3n) is 3.53. The van der Waals surface area contributed by atoms with Crippen LogP contribution in [0.15, 0.2) is 18.2 Å². The molecule has 0 unspecified atom stereocenters. The lowest BCUT2D eigenvalue weighted by atomic mass is 9.90. The maximum Gasteiger partial charge on any atom is 0.140 e. The highest BCUT2D eigenvalue weighted by Crippen LogP contribution is 2.23. The van der Waals surface area contributed by atoms with Gasteiger partial charge in [-0.05, 0) is 25.8 Å². The summed E-state index contributed by atoms with van der Waals surface area (Å²) in [5.41, 5.74) is 2.19. The Balaban J connectivity index is 2.82. The van der Waals surface area contributed by atoms with Crippen LogP contribution >= 0.6 is 0 Å². The Morgan fingerprint density at radius 2 is 1.84 bits per heavy atom. The average Bonchev–Trinajstić information content (AvgIpc) is 2.38. The quantitative estimate of drug-likeness (QED) is 0.697. The third-order valence-corrected chi connectivity index (χ3v) is 3.53. The molecule has 0 amide bonds. The number of rotatable bonds is 8. The van der Waals surface area contributed by atoms with Crippen molar-refractivity contribution >= 4 is 5.78 Å². The standard InChI is InChI=1S/C17H26O2/c1-5-7-14(8-6-2)16(18)12-15-11-13(3)9-10-17(15)19-4/h9-11,14H,5-8,12H2,1-4H3. The number of carbonyl (C=O) groups is 1. The first-order chi connectivity index (χ1) is 9.12. The van der Waals surface area contributed by atoms with Gasteiger partial charge in [0, 0.05) is 17.9 Å². The fraction of sp³-hybridized carbons (Fsp3) is 0.588. The van der Waals surface area contributed by atoms with E-state index in [2.05, 4.69) is 19.9 Å². The Hall–Kier alpha value is -1.31. The van der Waals surface area contributed by atoms with E-state index >= 15 is 0 Å². The fourth-order valence-corrected chi connectivity index (χ4v) is 2.54. The molecule has 106 valence electrons. The number of carbonyl (C=O) groups excluding carboxylic acids is 1. The van der Waals surface area contributed by atoms with Crippen LogP contribution < -0.4 is 4.74 Å². The molecule has 0 saturated heterocycles. The van der Waals surface area contributed by atoms with Crippen LogP contribution in [0.4, 0.5) is 0 Å². The molecule has 1 aromatic carbocycles. The van der Waals surface area contributed by atoms with Crippen molar-refractivity contribution in [1.29, 1.82) is 0 Å². The Morgan fingerprint density at radius 3 is 2.37 bits per heavy atom. The zero-order chi connectivity index (χ0) is 14.3. The Morgan fingerprint density at radius 1 is 1.21 bits per heavy atom. The van der Waals surface area contributed by atoms with Crippen LogP contribution in [0.1, 0.15) is 50.7 Å². The van der Waals surface area contributed by atoms with Crippen molar-refractivity contribution in [2.24, 2.45) is 5.92 Å². The molecule has 2 heteroatoms. The summed E-state index contributed by atoms with van der Waals surface area (Å²) in [5.74, 6) is 1.39. The summed E-state index contributed by atoms with van der Waals surface area (Å²) in [7, 11) is 1.66. The van der Waals surface area contributed by atoms with Gasteiger partial charge in [-0.15, -0.1) is 0 Å². The average molecular weight is 262 g/mol. The van der Waals surface area contributed by atoms with E-state index in [0.717, 1.165) is 37.0 Å². The molecule has 0 radical (unpaired) electrons. The van der Waals surface area contributed by atoms with Crippen molar-refractivity contribution in [3.63, 3.8) is 0 Å². The number of aryl methyl sites for hydroxylation is 1. The van der Waals surface area contributed by atoms with Crippen LogP contribution in [0, 0.1) is 12.8 Å². The van der Waals surface area contributed by atoms with Crippen LogP contribution in [0.3, 0.4) is 0 Å². The van der Waals surface area contributed by atoms with Crippen LogP contribution in [0.2, 0.25) is 0 Å². The smallest absolute Gasteiger partial charge is 0.140 e. The van der Waals surface area contributed by atoms with Crippen molar-refractivity contribution in [1.82, 2.24) is 0 Å². The number of methoxy groups -OCH3 is 1. The van der Waals surface area contributed by atoms with Gasteiger partial charge in [0.25, 0.3) is 0 Å². The van der Waals surface area contributed by atoms with Crippen molar-refractivity contribution in [3.8, 4) is 5.75 Å². The number of ether oxygens (including phenoxy) is 1. The summed E-state index contributed by atoms with van der Waals surface area (Å²) in [6.07, 6.45) is 4.64. The summed E-state index contributed by atoms with van der Waals surface area (Å²) in [6.45, 7) is 6.33. The lowest BCUT2D eigenvalue weighted by molar-refractivity contribution is -0.122. The van der Waals surface area contributed by atoms with Crippen LogP contribution in [-0.4, -0.2) is 12.9 Å². The van der Waals surface area contributed by atoms with Gasteiger partial charge in [0.15, 0.2) is 0 Å². The molecule has 0 aromatic heterocycles. The van der Waals surface area contributed by atoms with Crippen LogP contribution in [0.5, 0.6) is 5.75 Å². The summed E-state index contributed by atoms with van der Waals surface area (Å²) in [4.78, 5) is 12.4. The number of ketones is 1. The fourth-order valence-electron chi connectivity index (χ4n) is 2.54. The Bertz CT molecular complexity index is 404. The normalized spacial score (nSPS) is 10.8. The first kappa shape index (κ1) is 15.7. The third kappa shape index (κ3) is 4.70. The van der Waals surface area contributed by atoms with E-state index in [1.807, 2.05) is 19.1 Å². The molecular weight excluding hydrogens is 236 g/mol. The molecule has 1 aromatic rings. The maximum atomic E-state index is 12.4. The van der Waals surface area contributed by atoms with Gasteiger partial charge in [-0.3, -0.25) is 4.79 Å². The van der Waals surface area contributed by atoms with Gasteiger partial charge in [0.1, 0.15) is 11.5 Å². The van der Waals surface area contributed by atoms with Crippen molar-refractivity contribution in [2.45, 2.75) is 52.9 Å². The number of hydrogen-bond donors (Lipinski definition) is 0. The van der Waals surface area contributed by atoms with Crippen molar-refractivity contribution in [3.05, 3.63) is 29.3 Å². The van der Waals surface area contributed by atoms with E-state index in [1.165, 1.54) is 5.56 Å². The highest BCUT2D eigenvalue weighted by molar-refractivity contribution is 5.83. The minimum absolute atomic E-state index is 0.209. The minimum Gasteiger partial charge on any atom is -0.496 e. The molecule has 0 heterocycles. The van der Waals surface area contributed by atoms with Crippen LogP contribution in [-0.2, 0) is 11.2 Å². The molecule has 0 spiro atoms. The van der Waals surface area contributed by atoms with E-state index in [-0.39, 0.29) is 5.92 Å². The summed E-state index contributed by atoms with van der Waals surface area (Å²) in [6, 6.07) is 6.03. The van der Waals surface area contributed by atoms with Crippen molar-refractivity contribution in [2.75, 3.05) is 7.11 Å². The second-order valence-corrected chi connectivity index (χ2v) is 5.23. The van der Waals surface area contributed by atoms with E-state index < -0.39 is 0 Å². The van der Waals surface area contributed by atoms with Gasteiger partial charge in [0.2, 0.25) is 0 Å². The van der Waals surface area contributed by atoms with Gasteiger partial charge in [-0.1, -0.05) is 44.4 Å². The van der Waals surface area contributed by atoms with Crippen LogP contribution in [0.25, 0.3) is 0 Å².